The Morgan fingerprint density at radius 1 is 1.38 bits per heavy atom. The van der Waals surface area contributed by atoms with Crippen molar-refractivity contribution in [2.75, 3.05) is 25.0 Å². The minimum absolute atomic E-state index is 0.530. The fourth-order valence-electron chi connectivity index (χ4n) is 3.42. The van der Waals surface area contributed by atoms with Gasteiger partial charge in [-0.3, -0.25) is 0 Å². The van der Waals surface area contributed by atoms with Gasteiger partial charge in [0.1, 0.15) is 5.01 Å². The summed E-state index contributed by atoms with van der Waals surface area (Å²) in [5, 5.41) is 9.98. The smallest absolute Gasteiger partial charge is 0.205 e. The molecule has 8 heteroatoms. The lowest BCUT2D eigenvalue weighted by molar-refractivity contribution is -0.929. The van der Waals surface area contributed by atoms with Gasteiger partial charge in [0.15, 0.2) is 10.6 Å². The van der Waals surface area contributed by atoms with Crippen molar-refractivity contribution in [1.29, 1.82) is 0 Å². The van der Waals surface area contributed by atoms with Crippen molar-refractivity contribution < 1.29 is 4.90 Å². The zero-order valence-corrected chi connectivity index (χ0v) is 16.9. The van der Waals surface area contributed by atoms with Crippen LogP contribution < -0.4 is 10.2 Å². The molecule has 0 bridgehead atoms. The molecule has 5 nitrogen and oxygen atoms in total. The minimum atomic E-state index is 0.530. The maximum atomic E-state index is 5.49. The van der Waals surface area contributed by atoms with Gasteiger partial charge in [-0.15, -0.1) is 23.0 Å². The third-order valence-electron chi connectivity index (χ3n) is 4.65. The van der Waals surface area contributed by atoms with Crippen molar-refractivity contribution >= 4 is 50.2 Å². The van der Waals surface area contributed by atoms with E-state index in [1.165, 1.54) is 38.8 Å². The van der Waals surface area contributed by atoms with E-state index in [1.807, 2.05) is 22.1 Å². The first-order chi connectivity index (χ1) is 12.7. The van der Waals surface area contributed by atoms with Crippen molar-refractivity contribution in [3.8, 4) is 0 Å². The highest BCUT2D eigenvalue weighted by atomic mass is 32.1. The first-order valence-corrected chi connectivity index (χ1v) is 10.9. The zero-order valence-electron chi connectivity index (χ0n) is 14.5. The van der Waals surface area contributed by atoms with Crippen LogP contribution in [0.25, 0.3) is 10.2 Å². The lowest BCUT2D eigenvalue weighted by atomic mass is 9.99. The molecular weight excluding hydrogens is 382 g/mol. The van der Waals surface area contributed by atoms with Gasteiger partial charge in [-0.1, -0.05) is 29.5 Å². The Hall–Kier alpha value is -1.61. The van der Waals surface area contributed by atoms with Gasteiger partial charge in [0.25, 0.3) is 0 Å². The van der Waals surface area contributed by atoms with E-state index in [1.54, 1.807) is 0 Å². The minimum Gasteiger partial charge on any atom is -0.357 e. The lowest BCUT2D eigenvalue weighted by Crippen LogP contribution is -3.12. The molecule has 1 fully saturated rings. The summed E-state index contributed by atoms with van der Waals surface area (Å²) in [6.45, 7) is 7.51. The quantitative estimate of drug-likeness (QED) is 0.489. The number of nitrogens with one attached hydrogen (secondary N) is 2. The molecule has 26 heavy (non-hydrogen) atoms. The van der Waals surface area contributed by atoms with Crippen LogP contribution in [-0.2, 0) is 6.67 Å². The Bertz CT molecular complexity index is 924. The average molecular weight is 405 g/mol. The summed E-state index contributed by atoms with van der Waals surface area (Å²) in [6, 6.07) is 8.42. The largest absolute Gasteiger partial charge is 0.357 e. The number of anilines is 1. The molecule has 2 aromatic heterocycles. The molecule has 0 aliphatic carbocycles. The van der Waals surface area contributed by atoms with Crippen LogP contribution >= 0.6 is 34.9 Å². The van der Waals surface area contributed by atoms with E-state index in [9.17, 15) is 0 Å². The number of para-hydroxylation sites is 1. The van der Waals surface area contributed by atoms with Crippen molar-refractivity contribution in [3.05, 3.63) is 45.9 Å². The average Bonchev–Trinajstić information content (AvgIpc) is 3.24. The van der Waals surface area contributed by atoms with Crippen molar-refractivity contribution in [3.63, 3.8) is 0 Å². The summed E-state index contributed by atoms with van der Waals surface area (Å²) in [6.07, 6.45) is 4.26. The van der Waals surface area contributed by atoms with E-state index >= 15 is 0 Å². The molecule has 1 aromatic carbocycles. The number of nitrogens with zero attached hydrogens (tertiary/aromatic N) is 3. The van der Waals surface area contributed by atoms with Gasteiger partial charge in [0.05, 0.1) is 29.2 Å². The Labute approximate surface area is 166 Å². The molecule has 1 aliphatic heterocycles. The Kier molecular flexibility index (Phi) is 5.44. The Morgan fingerprint density at radius 2 is 2.27 bits per heavy atom. The number of hydrogen-bond acceptors (Lipinski definition) is 6. The predicted molar refractivity (Wildman–Crippen MR) is 112 cm³/mol. The van der Waals surface area contributed by atoms with Crippen LogP contribution in [0.3, 0.4) is 0 Å². The van der Waals surface area contributed by atoms with E-state index in [2.05, 4.69) is 41.3 Å². The first-order valence-electron chi connectivity index (χ1n) is 8.84. The zero-order chi connectivity index (χ0) is 17.9. The molecule has 0 radical (unpaired) electrons. The number of fused-ring (bicyclic) bond motifs is 1. The fraction of sp³-hybridized carbons (Fsp3) is 0.389. The molecule has 2 atom stereocenters. The van der Waals surface area contributed by atoms with E-state index in [-0.39, 0.29) is 0 Å². The highest BCUT2D eigenvalue weighted by Gasteiger charge is 2.27. The number of benzene rings is 1. The number of aromatic nitrogens is 3. The van der Waals surface area contributed by atoms with Gasteiger partial charge in [-0.25, -0.2) is 4.98 Å². The monoisotopic (exact) mass is 404 g/mol. The summed E-state index contributed by atoms with van der Waals surface area (Å²) >= 11 is 8.86. The number of piperidine rings is 1. The Morgan fingerprint density at radius 3 is 3.12 bits per heavy atom. The van der Waals surface area contributed by atoms with Crippen LogP contribution in [0.4, 0.5) is 5.13 Å². The van der Waals surface area contributed by atoms with Crippen molar-refractivity contribution in [1.82, 2.24) is 14.8 Å². The first kappa shape index (κ1) is 17.8. The summed E-state index contributed by atoms with van der Waals surface area (Å²) in [5.74, 6) is 0.530. The third-order valence-corrected chi connectivity index (χ3v) is 7.12. The Balaban J connectivity index is 1.46. The second-order valence-electron chi connectivity index (χ2n) is 6.56. The standard InChI is InChI=1S/C18H21N5S3/c1-2-9-19-17-21-23(18(24)26-17)12-22-10-5-6-13(11-22)16-20-14-7-3-4-8-15(14)25-16/h2-4,7-8,13H,1,5-6,9-12H2,(H,19,21)/p+1/t13-/m1/s1. The fourth-order valence-corrected chi connectivity index (χ4v) is 5.53. The van der Waals surface area contributed by atoms with E-state index in [0.717, 1.165) is 34.4 Å². The molecule has 0 spiro atoms. The second kappa shape index (κ2) is 7.96. The van der Waals surface area contributed by atoms with Gasteiger partial charge in [-0.2, -0.15) is 4.68 Å². The van der Waals surface area contributed by atoms with Gasteiger partial charge in [-0.05, 0) is 37.2 Å². The summed E-state index contributed by atoms with van der Waals surface area (Å²) in [5.41, 5.74) is 1.12. The van der Waals surface area contributed by atoms with Crippen LogP contribution in [0.5, 0.6) is 0 Å². The molecule has 2 N–H and O–H groups in total. The molecule has 0 amide bonds. The maximum absolute atomic E-state index is 5.49. The van der Waals surface area contributed by atoms with E-state index < -0.39 is 0 Å². The number of rotatable bonds is 6. The van der Waals surface area contributed by atoms with Crippen LogP contribution in [0.1, 0.15) is 23.8 Å². The summed E-state index contributed by atoms with van der Waals surface area (Å²) in [7, 11) is 0. The SMILES string of the molecule is C=CCNc1nn(C[NH+]2CCC[C@@H](c3nc4ccccc4s3)C2)c(=S)s1. The van der Waals surface area contributed by atoms with Gasteiger partial charge in [0, 0.05) is 6.54 Å². The topological polar surface area (TPSA) is 47.2 Å². The van der Waals surface area contributed by atoms with Crippen LogP contribution in [0.15, 0.2) is 36.9 Å². The number of thiazole rings is 1. The number of hydrogen-bond donors (Lipinski definition) is 2. The van der Waals surface area contributed by atoms with E-state index in [0.29, 0.717) is 12.5 Å². The molecule has 1 saturated heterocycles. The lowest BCUT2D eigenvalue weighted by Gasteiger charge is -2.28. The highest BCUT2D eigenvalue weighted by Crippen LogP contribution is 2.30. The van der Waals surface area contributed by atoms with Gasteiger partial charge < -0.3 is 10.2 Å². The molecule has 1 aliphatic rings. The normalized spacial score (nSPS) is 20.3. The molecule has 0 saturated carbocycles. The predicted octanol–water partition coefficient (Wildman–Crippen LogP) is 3.30. The summed E-state index contributed by atoms with van der Waals surface area (Å²) in [4.78, 5) is 6.40. The van der Waals surface area contributed by atoms with Gasteiger partial charge >= 0.3 is 0 Å². The molecule has 3 heterocycles. The molecule has 136 valence electrons. The van der Waals surface area contributed by atoms with Crippen molar-refractivity contribution in [2.45, 2.75) is 25.4 Å². The molecule has 1 unspecified atom stereocenters. The number of likely N-dealkylation sites (tertiary alicyclic amines) is 1. The highest BCUT2D eigenvalue weighted by molar-refractivity contribution is 7.73. The third kappa shape index (κ3) is 3.88. The maximum Gasteiger partial charge on any atom is 0.205 e. The van der Waals surface area contributed by atoms with Crippen LogP contribution in [-0.4, -0.2) is 34.4 Å². The van der Waals surface area contributed by atoms with Gasteiger partial charge in [0.2, 0.25) is 5.13 Å². The van der Waals surface area contributed by atoms with Crippen LogP contribution in [0, 0.1) is 3.95 Å². The molecule has 3 aromatic rings. The number of quaternary nitrogens is 1. The molecular formula is C18H22N5S3+. The second-order valence-corrected chi connectivity index (χ2v) is 9.25. The van der Waals surface area contributed by atoms with Crippen molar-refractivity contribution in [2.24, 2.45) is 0 Å². The summed E-state index contributed by atoms with van der Waals surface area (Å²) < 4.78 is 4.07. The molecule has 4 rings (SSSR count). The van der Waals surface area contributed by atoms with E-state index in [4.69, 9.17) is 17.2 Å². The van der Waals surface area contributed by atoms with Crippen LogP contribution in [0.2, 0.25) is 0 Å².